The zero-order chi connectivity index (χ0) is 32.3. The Balaban J connectivity index is 1.11. The van der Waals surface area contributed by atoms with Crippen LogP contribution in [-0.2, 0) is 0 Å². The second-order valence-electron chi connectivity index (χ2n) is 12.6. The molecule has 0 radical (unpaired) electrons. The van der Waals surface area contributed by atoms with Crippen LogP contribution in [-0.4, -0.2) is 11.7 Å². The van der Waals surface area contributed by atoms with Gasteiger partial charge in [0, 0.05) is 21.9 Å². The predicted octanol–water partition coefficient (Wildman–Crippen LogP) is 11.2. The van der Waals surface area contributed by atoms with Crippen molar-refractivity contribution >= 4 is 65.9 Å². The topological polar surface area (TPSA) is 49.9 Å². The van der Waals surface area contributed by atoms with Crippen molar-refractivity contribution in [2.75, 3.05) is 0 Å². The molecule has 1 atom stereocenters. The first kappa shape index (κ1) is 27.6. The van der Waals surface area contributed by atoms with Gasteiger partial charge in [0.2, 0.25) is 0 Å². The van der Waals surface area contributed by atoms with E-state index in [0.29, 0.717) is 5.84 Å². The number of aliphatic imine (C=N–C) groups is 2. The van der Waals surface area contributed by atoms with Crippen molar-refractivity contribution in [3.05, 3.63) is 180 Å². The fourth-order valence-corrected chi connectivity index (χ4v) is 7.40. The minimum Gasteiger partial charge on any atom is -0.456 e. The van der Waals surface area contributed by atoms with Crippen LogP contribution in [0.5, 0.6) is 0 Å². The van der Waals surface area contributed by atoms with Crippen LogP contribution < -0.4 is 5.32 Å². The van der Waals surface area contributed by atoms with E-state index in [0.717, 1.165) is 55.6 Å². The molecule has 10 rings (SSSR count). The number of amidine groups is 2. The first-order chi connectivity index (χ1) is 24.3. The van der Waals surface area contributed by atoms with E-state index in [1.165, 1.54) is 32.3 Å². The van der Waals surface area contributed by atoms with Crippen molar-refractivity contribution in [2.45, 2.75) is 6.17 Å². The number of nitrogens with one attached hydrogen (secondary N) is 1. The van der Waals surface area contributed by atoms with E-state index in [4.69, 9.17) is 14.4 Å². The van der Waals surface area contributed by atoms with Crippen LogP contribution in [0.3, 0.4) is 0 Å². The Kier molecular flexibility index (Phi) is 6.21. The first-order valence-electron chi connectivity index (χ1n) is 16.6. The van der Waals surface area contributed by atoms with Gasteiger partial charge in [-0.25, -0.2) is 9.98 Å². The van der Waals surface area contributed by atoms with Crippen LogP contribution in [0.25, 0.3) is 65.4 Å². The van der Waals surface area contributed by atoms with E-state index in [9.17, 15) is 0 Å². The van der Waals surface area contributed by atoms with Crippen LogP contribution in [0.4, 0.5) is 0 Å². The maximum absolute atomic E-state index is 6.57. The molecule has 1 aliphatic rings. The maximum atomic E-state index is 6.57. The van der Waals surface area contributed by atoms with Crippen molar-refractivity contribution in [3.8, 4) is 11.1 Å². The van der Waals surface area contributed by atoms with Gasteiger partial charge < -0.3 is 9.73 Å². The van der Waals surface area contributed by atoms with Crippen LogP contribution in [0, 0.1) is 0 Å². The third kappa shape index (κ3) is 4.53. The average molecular weight is 628 g/mol. The highest BCUT2D eigenvalue weighted by Gasteiger charge is 2.24. The quantitative estimate of drug-likeness (QED) is 0.197. The Labute approximate surface area is 282 Å². The van der Waals surface area contributed by atoms with E-state index >= 15 is 0 Å². The van der Waals surface area contributed by atoms with Crippen molar-refractivity contribution in [1.82, 2.24) is 5.32 Å². The first-order valence-corrected chi connectivity index (χ1v) is 16.6. The van der Waals surface area contributed by atoms with Crippen molar-refractivity contribution in [2.24, 2.45) is 9.98 Å². The molecule has 9 aromatic rings. The van der Waals surface area contributed by atoms with Crippen LogP contribution >= 0.6 is 0 Å². The number of rotatable bonds is 4. The fourth-order valence-electron chi connectivity index (χ4n) is 7.40. The van der Waals surface area contributed by atoms with Crippen molar-refractivity contribution in [1.29, 1.82) is 0 Å². The van der Waals surface area contributed by atoms with Gasteiger partial charge >= 0.3 is 0 Å². The molecule has 1 aromatic heterocycles. The number of fused-ring (bicyclic) bond motifs is 9. The summed E-state index contributed by atoms with van der Waals surface area (Å²) in [6, 6.07) is 57.5. The summed E-state index contributed by atoms with van der Waals surface area (Å²) in [5, 5.41) is 13.3. The summed E-state index contributed by atoms with van der Waals surface area (Å²) in [5.74, 6) is 1.47. The third-order valence-electron chi connectivity index (χ3n) is 9.72. The van der Waals surface area contributed by atoms with E-state index in [1.807, 2.05) is 48.5 Å². The number of nitrogens with zero attached hydrogens (tertiary/aromatic N) is 2. The monoisotopic (exact) mass is 627 g/mol. The summed E-state index contributed by atoms with van der Waals surface area (Å²) in [6.45, 7) is 0. The molecule has 4 heteroatoms. The van der Waals surface area contributed by atoms with E-state index < -0.39 is 0 Å². The molecular formula is C45H29N3O. The molecule has 0 aliphatic carbocycles. The SMILES string of the molecule is c1ccc(C2=NC(c3ccccc3)NC(c3cccc4oc5cc(-c6ccc7c8ccccc8c8ccccc8c7c6)ccc5c34)=N2)cc1. The van der Waals surface area contributed by atoms with Gasteiger partial charge in [-0.1, -0.05) is 140 Å². The normalized spacial score (nSPS) is 14.7. The van der Waals surface area contributed by atoms with E-state index in [1.54, 1.807) is 0 Å². The number of hydrogen-bond donors (Lipinski definition) is 1. The molecule has 1 aliphatic heterocycles. The molecule has 1 N–H and O–H groups in total. The van der Waals surface area contributed by atoms with Gasteiger partial charge in [0.25, 0.3) is 0 Å². The number of hydrogen-bond acceptors (Lipinski definition) is 4. The average Bonchev–Trinajstić information content (AvgIpc) is 3.56. The highest BCUT2D eigenvalue weighted by atomic mass is 16.3. The van der Waals surface area contributed by atoms with Gasteiger partial charge in [-0.15, -0.1) is 0 Å². The van der Waals surface area contributed by atoms with Gasteiger partial charge in [-0.2, -0.15) is 0 Å². The molecule has 0 bridgehead atoms. The largest absolute Gasteiger partial charge is 0.456 e. The Bertz CT molecular complexity index is 2760. The zero-order valence-corrected chi connectivity index (χ0v) is 26.5. The Morgan fingerprint density at radius 1 is 0.449 bits per heavy atom. The minimum absolute atomic E-state index is 0.273. The summed E-state index contributed by atoms with van der Waals surface area (Å²) in [7, 11) is 0. The number of benzene rings is 8. The summed E-state index contributed by atoms with van der Waals surface area (Å²) < 4.78 is 6.57. The molecule has 4 nitrogen and oxygen atoms in total. The Morgan fingerprint density at radius 3 is 1.76 bits per heavy atom. The van der Waals surface area contributed by atoms with Crippen molar-refractivity contribution < 1.29 is 4.42 Å². The van der Waals surface area contributed by atoms with Gasteiger partial charge in [-0.3, -0.25) is 0 Å². The highest BCUT2D eigenvalue weighted by Crippen LogP contribution is 2.39. The van der Waals surface area contributed by atoms with Crippen LogP contribution in [0.15, 0.2) is 178 Å². The molecule has 0 saturated heterocycles. The lowest BCUT2D eigenvalue weighted by atomic mass is 9.92. The minimum atomic E-state index is -0.273. The molecule has 49 heavy (non-hydrogen) atoms. The standard InChI is InChI=1S/C45H29N3O/c1-3-12-28(13-4-1)43-46-44(29-14-5-2-6-15-29)48-45(47-43)38-20-11-21-40-42(38)37-25-23-31(27-41(37)49-40)30-22-24-36-34-18-8-7-16-32(34)33-17-9-10-19-35(33)39(36)26-30/h1-27,43H,(H,46,47,48). The fraction of sp³-hybridized carbons (Fsp3) is 0.0222. The Hall–Kier alpha value is -6.52. The summed E-state index contributed by atoms with van der Waals surface area (Å²) >= 11 is 0. The molecule has 0 spiro atoms. The smallest absolute Gasteiger partial charge is 0.159 e. The summed E-state index contributed by atoms with van der Waals surface area (Å²) in [5.41, 5.74) is 6.98. The Morgan fingerprint density at radius 2 is 1.04 bits per heavy atom. The van der Waals surface area contributed by atoms with Crippen LogP contribution in [0.1, 0.15) is 22.9 Å². The lowest BCUT2D eigenvalue weighted by Crippen LogP contribution is -2.33. The summed E-state index contributed by atoms with van der Waals surface area (Å²) in [6.07, 6.45) is -0.273. The molecule has 230 valence electrons. The molecule has 0 saturated carbocycles. The van der Waals surface area contributed by atoms with E-state index in [-0.39, 0.29) is 6.17 Å². The lowest BCUT2D eigenvalue weighted by molar-refractivity contribution is 0.668. The highest BCUT2D eigenvalue weighted by molar-refractivity contribution is 6.26. The second-order valence-corrected chi connectivity index (χ2v) is 12.6. The second kappa shape index (κ2) is 11.0. The van der Waals surface area contributed by atoms with E-state index in [2.05, 4.69) is 121 Å². The third-order valence-corrected chi connectivity index (χ3v) is 9.72. The van der Waals surface area contributed by atoms with Gasteiger partial charge in [-0.05, 0) is 73.3 Å². The van der Waals surface area contributed by atoms with Crippen LogP contribution in [0.2, 0.25) is 0 Å². The molecule has 0 amide bonds. The van der Waals surface area contributed by atoms with Gasteiger partial charge in [0.15, 0.2) is 5.84 Å². The van der Waals surface area contributed by atoms with Gasteiger partial charge in [0.1, 0.15) is 23.2 Å². The number of furan rings is 1. The molecule has 2 heterocycles. The molecule has 1 unspecified atom stereocenters. The lowest BCUT2D eigenvalue weighted by Gasteiger charge is -2.24. The molecular weight excluding hydrogens is 599 g/mol. The summed E-state index contributed by atoms with van der Waals surface area (Å²) in [4.78, 5) is 10.1. The molecule has 0 fully saturated rings. The maximum Gasteiger partial charge on any atom is 0.159 e. The molecule has 8 aromatic carbocycles. The van der Waals surface area contributed by atoms with Gasteiger partial charge in [0.05, 0.1) is 0 Å². The van der Waals surface area contributed by atoms with Crippen molar-refractivity contribution in [3.63, 3.8) is 0 Å². The zero-order valence-electron chi connectivity index (χ0n) is 26.5. The predicted molar refractivity (Wildman–Crippen MR) is 204 cm³/mol.